The molecule has 12 rings (SSSR count). The number of piperidine rings is 2. The second kappa shape index (κ2) is 17.7. The summed E-state index contributed by atoms with van der Waals surface area (Å²) in [6, 6.07) is 7.37. The zero-order chi connectivity index (χ0) is 49.0. The molecule has 8 aliphatic rings. The number of alkyl halides is 3. The third kappa shape index (κ3) is 8.92. The first kappa shape index (κ1) is 46.7. The minimum Gasteiger partial charge on any atom is -0.508 e. The van der Waals surface area contributed by atoms with Gasteiger partial charge in [0, 0.05) is 106 Å². The van der Waals surface area contributed by atoms with Crippen LogP contribution < -0.4 is 25.2 Å². The van der Waals surface area contributed by atoms with E-state index in [0.29, 0.717) is 55.4 Å². The number of hydrogen-bond donors (Lipinski definition) is 3. The quantitative estimate of drug-likeness (QED) is 0.112. The van der Waals surface area contributed by atoms with Gasteiger partial charge in [0.2, 0.25) is 11.8 Å². The fourth-order valence-corrected chi connectivity index (χ4v) is 13.3. The fourth-order valence-electron chi connectivity index (χ4n) is 13.0. The van der Waals surface area contributed by atoms with Crippen molar-refractivity contribution in [2.45, 2.75) is 95.1 Å². The number of pyridine rings is 1. The number of ether oxygens (including phenoxy) is 1. The minimum atomic E-state index is -4.95. The summed E-state index contributed by atoms with van der Waals surface area (Å²) in [5, 5.41) is 15.7. The van der Waals surface area contributed by atoms with E-state index in [1.165, 1.54) is 19.0 Å². The lowest BCUT2D eigenvalue weighted by Gasteiger charge is -2.54. The maximum Gasteiger partial charge on any atom is 0.418 e. The highest BCUT2D eigenvalue weighted by molar-refractivity contribution is 6.32. The number of nitrogens with zero attached hydrogens (tertiary/aromatic N) is 8. The van der Waals surface area contributed by atoms with Crippen LogP contribution in [-0.2, 0) is 22.3 Å². The number of hydrogen-bond acceptors (Lipinski definition) is 13. The number of phenols is 1. The van der Waals surface area contributed by atoms with Crippen LogP contribution in [0.5, 0.6) is 11.8 Å². The molecular formula is C51H57ClF4N10O5. The van der Waals surface area contributed by atoms with Crippen molar-refractivity contribution < 1.29 is 41.8 Å². The van der Waals surface area contributed by atoms with Crippen LogP contribution in [-0.4, -0.2) is 143 Å². The van der Waals surface area contributed by atoms with E-state index in [4.69, 9.17) is 21.3 Å². The third-order valence-corrected chi connectivity index (χ3v) is 17.2. The lowest BCUT2D eigenvalue weighted by molar-refractivity contribution is -0.138. The molecule has 2 aromatic heterocycles. The Morgan fingerprint density at radius 3 is 2.32 bits per heavy atom. The predicted molar refractivity (Wildman–Crippen MR) is 256 cm³/mol. The van der Waals surface area contributed by atoms with Gasteiger partial charge in [-0.3, -0.25) is 29.6 Å². The number of amides is 3. The molecule has 20 heteroatoms. The number of aromatic nitrogens is 3. The van der Waals surface area contributed by atoms with Crippen molar-refractivity contribution in [2.24, 2.45) is 16.7 Å². The maximum absolute atomic E-state index is 16.7. The topological polar surface area (TPSA) is 160 Å². The summed E-state index contributed by atoms with van der Waals surface area (Å²) >= 11 is 5.99. The molecule has 376 valence electrons. The molecule has 2 bridgehead atoms. The van der Waals surface area contributed by atoms with Gasteiger partial charge in [0.15, 0.2) is 5.82 Å². The molecule has 0 radical (unpaired) electrons. The molecule has 5 saturated heterocycles. The number of halogens is 5. The second-order valence-corrected chi connectivity index (χ2v) is 22.2. The standard InChI is InChI=1S/C51H57ClF4N10O5/c52-38-19-34(67)18-36(41(38)51(54,55)56)43-42(53)44-37(22-57-43)45(65-25-31-1-2-32(26-65)58-31)61-48(60-44)71-28-50(7-8-50)27-63-11-9-49(10-12-63)20-29(21-49)23-62-13-15-64(16-14-62)33-3-4-35-30(17-33)24-66(47(35)70)39-5-6-40(68)59-46(39)69/h3-4,17-19,22,29,31-32,39,58,67H,1-2,5-16,20-21,23-28H2,(H,59,68,69)/t31?,32?,39-/m0/s1. The van der Waals surface area contributed by atoms with Crippen molar-refractivity contribution in [3.63, 3.8) is 0 Å². The van der Waals surface area contributed by atoms with Crippen LogP contribution in [0.3, 0.4) is 0 Å². The molecule has 2 aromatic carbocycles. The van der Waals surface area contributed by atoms with E-state index < -0.39 is 51.5 Å². The summed E-state index contributed by atoms with van der Waals surface area (Å²) in [6.07, 6.45) is 5.69. The molecule has 2 saturated carbocycles. The summed E-state index contributed by atoms with van der Waals surface area (Å²) in [6.45, 7) is 9.73. The number of rotatable bonds is 11. The van der Waals surface area contributed by atoms with E-state index in [-0.39, 0.29) is 52.6 Å². The number of nitrogens with one attached hydrogen (secondary N) is 2. The molecule has 1 spiro atoms. The van der Waals surface area contributed by atoms with E-state index in [0.717, 1.165) is 114 Å². The van der Waals surface area contributed by atoms with Gasteiger partial charge < -0.3 is 34.8 Å². The second-order valence-electron chi connectivity index (χ2n) is 21.8. The molecule has 3 amide bonds. The number of likely N-dealkylation sites (tertiary alicyclic amines) is 1. The number of aromatic hydroxyl groups is 1. The zero-order valence-corrected chi connectivity index (χ0v) is 40.1. The first-order valence-corrected chi connectivity index (χ1v) is 25.5. The number of fused-ring (bicyclic) bond motifs is 4. The normalized spacial score (nSPS) is 25.5. The SMILES string of the molecule is O=C1CC[C@H](N2Cc3cc(N4CCN(CC5CC6(CCN(CC7(COc8nc(N9CC%10CCC(C9)N%10)c9cnc(-c%10cc(O)cc(Cl)c%10C(F)(F)F)c(F)c9n8)CC7)CC6)C5)CC4)ccc3C2=O)C(=O)N1. The molecule has 8 heterocycles. The Hall–Kier alpha value is -5.37. The number of imide groups is 1. The first-order chi connectivity index (χ1) is 34.1. The third-order valence-electron chi connectivity index (χ3n) is 16.9. The number of anilines is 2. The van der Waals surface area contributed by atoms with E-state index in [9.17, 15) is 32.7 Å². The average Bonchev–Trinajstić information content (AvgIpc) is 3.90. The first-order valence-electron chi connectivity index (χ1n) is 25.2. The van der Waals surface area contributed by atoms with Crippen LogP contribution in [0.25, 0.3) is 22.2 Å². The summed E-state index contributed by atoms with van der Waals surface area (Å²) < 4.78 is 66.0. The smallest absolute Gasteiger partial charge is 0.418 e. The van der Waals surface area contributed by atoms with Crippen molar-refractivity contribution >= 4 is 51.7 Å². The molecule has 6 aliphatic heterocycles. The Morgan fingerprint density at radius 2 is 1.62 bits per heavy atom. The van der Waals surface area contributed by atoms with Crippen LogP contribution >= 0.6 is 11.6 Å². The summed E-state index contributed by atoms with van der Waals surface area (Å²) in [7, 11) is 0. The van der Waals surface area contributed by atoms with Gasteiger partial charge in [-0.05, 0) is 118 Å². The summed E-state index contributed by atoms with van der Waals surface area (Å²) in [5.41, 5.74) is 0.119. The van der Waals surface area contributed by atoms with Crippen molar-refractivity contribution in [3.8, 4) is 23.0 Å². The highest BCUT2D eigenvalue weighted by atomic mass is 35.5. The van der Waals surface area contributed by atoms with Gasteiger partial charge in [0.05, 0.1) is 22.6 Å². The Bertz CT molecular complexity index is 2800. The number of phenolic OH excluding ortho intramolecular Hbond substituents is 1. The molecular weight excluding hydrogens is 944 g/mol. The van der Waals surface area contributed by atoms with Crippen LogP contribution in [0.1, 0.15) is 85.7 Å². The van der Waals surface area contributed by atoms with Crippen molar-refractivity contribution in [2.75, 3.05) is 81.9 Å². The van der Waals surface area contributed by atoms with Crippen LogP contribution in [0.15, 0.2) is 36.5 Å². The van der Waals surface area contributed by atoms with Crippen molar-refractivity contribution in [1.82, 2.24) is 40.3 Å². The minimum absolute atomic E-state index is 0.0359. The average molecular weight is 1000 g/mol. The summed E-state index contributed by atoms with van der Waals surface area (Å²) in [4.78, 5) is 62.1. The maximum atomic E-state index is 16.7. The Labute approximate surface area is 413 Å². The van der Waals surface area contributed by atoms with E-state index in [1.54, 1.807) is 4.90 Å². The Balaban J connectivity index is 0.649. The molecule has 2 aliphatic carbocycles. The van der Waals surface area contributed by atoms with Crippen molar-refractivity contribution in [3.05, 3.63) is 64.1 Å². The van der Waals surface area contributed by atoms with E-state index in [1.807, 2.05) is 12.1 Å². The Kier molecular flexibility index (Phi) is 11.6. The molecule has 71 heavy (non-hydrogen) atoms. The fraction of sp³-hybridized carbons (Fsp3) is 0.569. The largest absolute Gasteiger partial charge is 0.508 e. The highest BCUT2D eigenvalue weighted by Gasteiger charge is 2.50. The lowest BCUT2D eigenvalue weighted by atomic mass is 9.57. The molecule has 15 nitrogen and oxygen atoms in total. The number of piperazine rings is 2. The number of carbonyl (C=O) groups excluding carboxylic acids is 3. The van der Waals surface area contributed by atoms with E-state index >= 15 is 4.39 Å². The number of benzene rings is 2. The van der Waals surface area contributed by atoms with Crippen LogP contribution in [0.4, 0.5) is 29.1 Å². The zero-order valence-electron chi connectivity index (χ0n) is 39.4. The molecule has 4 aromatic rings. The molecule has 3 N–H and O–H groups in total. The van der Waals surface area contributed by atoms with Gasteiger partial charge >= 0.3 is 12.2 Å². The van der Waals surface area contributed by atoms with Gasteiger partial charge in [0.25, 0.3) is 5.91 Å². The van der Waals surface area contributed by atoms with Gasteiger partial charge in [-0.1, -0.05) is 11.6 Å². The van der Waals surface area contributed by atoms with Gasteiger partial charge in [-0.25, -0.2) is 4.39 Å². The van der Waals surface area contributed by atoms with Gasteiger partial charge in [-0.15, -0.1) is 0 Å². The molecule has 7 fully saturated rings. The van der Waals surface area contributed by atoms with E-state index in [2.05, 4.69) is 46.3 Å². The molecule has 2 unspecified atom stereocenters. The molecule has 3 atom stereocenters. The monoisotopic (exact) mass is 1000 g/mol. The van der Waals surface area contributed by atoms with Gasteiger partial charge in [0.1, 0.15) is 28.8 Å². The predicted octanol–water partition coefficient (Wildman–Crippen LogP) is 6.38. The van der Waals surface area contributed by atoms with Crippen LogP contribution in [0, 0.1) is 22.6 Å². The van der Waals surface area contributed by atoms with Crippen LogP contribution in [0.2, 0.25) is 5.02 Å². The van der Waals surface area contributed by atoms with Crippen molar-refractivity contribution in [1.29, 1.82) is 0 Å². The number of carbonyl (C=O) groups is 3. The lowest BCUT2D eigenvalue weighted by Crippen LogP contribution is -2.53. The Morgan fingerprint density at radius 1 is 0.873 bits per heavy atom. The highest BCUT2D eigenvalue weighted by Crippen LogP contribution is 2.54. The van der Waals surface area contributed by atoms with Gasteiger partial charge in [-0.2, -0.15) is 23.1 Å². The summed E-state index contributed by atoms with van der Waals surface area (Å²) in [5.74, 6) is -1.37.